The molecule has 0 aromatic carbocycles. The van der Waals surface area contributed by atoms with Crippen LogP contribution >= 0.6 is 11.8 Å². The van der Waals surface area contributed by atoms with Crippen molar-refractivity contribution in [3.8, 4) is 0 Å². The maximum atomic E-state index is 11.1. The number of aromatic amines is 1. The monoisotopic (exact) mass is 203 g/mol. The van der Waals surface area contributed by atoms with Crippen molar-refractivity contribution in [2.24, 2.45) is 0 Å². The summed E-state index contributed by atoms with van der Waals surface area (Å²) < 4.78 is 1.53. The van der Waals surface area contributed by atoms with Crippen LogP contribution in [0.1, 0.15) is 13.8 Å². The van der Waals surface area contributed by atoms with Gasteiger partial charge in [0, 0.05) is 12.3 Å². The summed E-state index contributed by atoms with van der Waals surface area (Å²) in [5.74, 6) is 0.546. The summed E-state index contributed by atoms with van der Waals surface area (Å²) in [4.78, 5) is 11.1. The number of nitrogens with one attached hydrogen (secondary N) is 1. The predicted octanol–water partition coefficient (Wildman–Crippen LogP) is 0.0642. The summed E-state index contributed by atoms with van der Waals surface area (Å²) in [6.45, 7) is 4.18. The minimum absolute atomic E-state index is 0.199. The molecular formula is C7H13N3O2S. The molecule has 0 aliphatic carbocycles. The number of hydrogen-bond donors (Lipinski definition) is 2. The molecule has 6 heteroatoms. The molecule has 1 rings (SSSR count). The predicted molar refractivity (Wildman–Crippen MR) is 50.9 cm³/mol. The van der Waals surface area contributed by atoms with E-state index in [1.165, 1.54) is 16.3 Å². The molecule has 1 atom stereocenters. The van der Waals surface area contributed by atoms with Gasteiger partial charge in [-0.2, -0.15) is 0 Å². The van der Waals surface area contributed by atoms with Crippen LogP contribution in [0, 0.1) is 0 Å². The van der Waals surface area contributed by atoms with Gasteiger partial charge in [-0.05, 0) is 13.8 Å². The van der Waals surface area contributed by atoms with E-state index in [4.69, 9.17) is 5.11 Å². The Bertz CT molecular complexity index is 318. The average Bonchev–Trinajstić information content (AvgIpc) is 2.42. The van der Waals surface area contributed by atoms with Crippen LogP contribution in [0.15, 0.2) is 9.95 Å². The van der Waals surface area contributed by atoms with E-state index in [9.17, 15) is 4.79 Å². The summed E-state index contributed by atoms with van der Waals surface area (Å²) >= 11 is 1.37. The second kappa shape index (κ2) is 4.48. The van der Waals surface area contributed by atoms with Crippen LogP contribution in [0.5, 0.6) is 0 Å². The molecular weight excluding hydrogens is 190 g/mol. The van der Waals surface area contributed by atoms with E-state index in [0.29, 0.717) is 17.5 Å². The highest BCUT2D eigenvalue weighted by Gasteiger charge is 2.07. The lowest BCUT2D eigenvalue weighted by Crippen LogP contribution is -2.16. The molecule has 0 fully saturated rings. The topological polar surface area (TPSA) is 70.9 Å². The fourth-order valence-corrected chi connectivity index (χ4v) is 1.76. The number of H-pyrrole nitrogens is 1. The van der Waals surface area contributed by atoms with Crippen molar-refractivity contribution in [2.45, 2.75) is 31.7 Å². The first-order valence-electron chi connectivity index (χ1n) is 4.11. The smallest absolute Gasteiger partial charge is 0.343 e. The third kappa shape index (κ3) is 2.60. The van der Waals surface area contributed by atoms with Gasteiger partial charge in [0.2, 0.25) is 0 Å². The average molecular weight is 203 g/mol. The molecule has 0 saturated carbocycles. The molecule has 1 aromatic heterocycles. The summed E-state index contributed by atoms with van der Waals surface area (Å²) in [5.41, 5.74) is -0.199. The number of aromatic nitrogens is 3. The number of aliphatic hydroxyl groups excluding tert-OH is 1. The molecule has 0 unspecified atom stereocenters. The maximum absolute atomic E-state index is 11.1. The van der Waals surface area contributed by atoms with Crippen LogP contribution in [-0.4, -0.2) is 31.7 Å². The van der Waals surface area contributed by atoms with Gasteiger partial charge in [0.1, 0.15) is 0 Å². The zero-order valence-corrected chi connectivity index (χ0v) is 8.47. The molecule has 13 heavy (non-hydrogen) atoms. The Morgan fingerprint density at radius 2 is 2.46 bits per heavy atom. The first kappa shape index (κ1) is 10.3. The molecule has 0 amide bonds. The summed E-state index contributed by atoms with van der Waals surface area (Å²) in [6.07, 6.45) is -0.387. The van der Waals surface area contributed by atoms with E-state index in [1.807, 2.05) is 6.92 Å². The zero-order chi connectivity index (χ0) is 9.84. The highest BCUT2D eigenvalue weighted by molar-refractivity contribution is 7.99. The number of rotatable bonds is 4. The van der Waals surface area contributed by atoms with Gasteiger partial charge in [-0.3, -0.25) is 4.57 Å². The largest absolute Gasteiger partial charge is 0.393 e. The molecule has 0 radical (unpaired) electrons. The molecule has 0 bridgehead atoms. The second-order valence-electron chi connectivity index (χ2n) is 2.72. The second-order valence-corrected chi connectivity index (χ2v) is 3.70. The first-order chi connectivity index (χ1) is 6.15. The summed E-state index contributed by atoms with van der Waals surface area (Å²) in [7, 11) is 0. The Labute approximate surface area is 80.2 Å². The van der Waals surface area contributed by atoms with Crippen molar-refractivity contribution >= 4 is 11.8 Å². The summed E-state index contributed by atoms with van der Waals surface area (Å²) in [5, 5.41) is 15.9. The van der Waals surface area contributed by atoms with Crippen LogP contribution in [-0.2, 0) is 6.54 Å². The van der Waals surface area contributed by atoms with Crippen molar-refractivity contribution < 1.29 is 5.11 Å². The van der Waals surface area contributed by atoms with E-state index in [0.717, 1.165) is 0 Å². The van der Waals surface area contributed by atoms with Crippen LogP contribution in [0.25, 0.3) is 0 Å². The fourth-order valence-electron chi connectivity index (χ4n) is 0.887. The third-order valence-corrected chi connectivity index (χ3v) is 2.71. The standard InChI is InChI=1S/C7H13N3O2S/c1-3-10-6(12)8-9-7(10)13-4-5(2)11/h5,11H,3-4H2,1-2H3,(H,8,12)/t5-/m0/s1. The lowest BCUT2D eigenvalue weighted by atomic mass is 10.5. The lowest BCUT2D eigenvalue weighted by molar-refractivity contribution is 0.220. The van der Waals surface area contributed by atoms with Crippen molar-refractivity contribution in [3.05, 3.63) is 10.5 Å². The van der Waals surface area contributed by atoms with Crippen LogP contribution in [0.3, 0.4) is 0 Å². The van der Waals surface area contributed by atoms with Crippen molar-refractivity contribution in [3.63, 3.8) is 0 Å². The number of aliphatic hydroxyl groups is 1. The molecule has 0 saturated heterocycles. The van der Waals surface area contributed by atoms with E-state index < -0.39 is 0 Å². The van der Waals surface area contributed by atoms with Gasteiger partial charge >= 0.3 is 5.69 Å². The van der Waals surface area contributed by atoms with E-state index in [1.54, 1.807) is 6.92 Å². The summed E-state index contributed by atoms with van der Waals surface area (Å²) in [6, 6.07) is 0. The van der Waals surface area contributed by atoms with Gasteiger partial charge in [-0.15, -0.1) is 5.10 Å². The minimum atomic E-state index is -0.387. The SMILES string of the molecule is CCn1c(SC[C@H](C)O)n[nH]c1=O. The van der Waals surface area contributed by atoms with Crippen LogP contribution in [0.4, 0.5) is 0 Å². The molecule has 74 valence electrons. The Morgan fingerprint density at radius 3 is 3.00 bits per heavy atom. The van der Waals surface area contributed by atoms with Gasteiger partial charge in [0.15, 0.2) is 5.16 Å². The Kier molecular flexibility index (Phi) is 3.56. The van der Waals surface area contributed by atoms with E-state index in [-0.39, 0.29) is 11.8 Å². The van der Waals surface area contributed by atoms with E-state index in [2.05, 4.69) is 10.2 Å². The quantitative estimate of drug-likeness (QED) is 0.679. The van der Waals surface area contributed by atoms with Crippen LogP contribution in [0.2, 0.25) is 0 Å². The highest BCUT2D eigenvalue weighted by Crippen LogP contribution is 2.13. The third-order valence-electron chi connectivity index (χ3n) is 1.49. The molecule has 1 heterocycles. The molecule has 1 aromatic rings. The number of hydrogen-bond acceptors (Lipinski definition) is 4. The number of nitrogens with zero attached hydrogens (tertiary/aromatic N) is 2. The van der Waals surface area contributed by atoms with E-state index >= 15 is 0 Å². The van der Waals surface area contributed by atoms with Gasteiger partial charge in [-0.1, -0.05) is 11.8 Å². The van der Waals surface area contributed by atoms with Gasteiger partial charge in [0.25, 0.3) is 0 Å². The zero-order valence-electron chi connectivity index (χ0n) is 7.65. The fraction of sp³-hybridized carbons (Fsp3) is 0.714. The van der Waals surface area contributed by atoms with Gasteiger partial charge in [-0.25, -0.2) is 9.89 Å². The molecule has 0 spiro atoms. The number of thioether (sulfide) groups is 1. The molecule has 2 N–H and O–H groups in total. The van der Waals surface area contributed by atoms with Gasteiger partial charge < -0.3 is 5.11 Å². The molecule has 0 aliphatic heterocycles. The Hall–Kier alpha value is -0.750. The van der Waals surface area contributed by atoms with Crippen molar-refractivity contribution in [1.82, 2.24) is 14.8 Å². The van der Waals surface area contributed by atoms with Crippen molar-refractivity contribution in [1.29, 1.82) is 0 Å². The van der Waals surface area contributed by atoms with Crippen molar-refractivity contribution in [2.75, 3.05) is 5.75 Å². The minimum Gasteiger partial charge on any atom is -0.393 e. The Morgan fingerprint density at radius 1 is 1.77 bits per heavy atom. The Balaban J connectivity index is 2.71. The molecule has 5 nitrogen and oxygen atoms in total. The van der Waals surface area contributed by atoms with Gasteiger partial charge in [0.05, 0.1) is 6.10 Å². The molecule has 0 aliphatic rings. The highest BCUT2D eigenvalue weighted by atomic mass is 32.2. The first-order valence-corrected chi connectivity index (χ1v) is 5.09. The maximum Gasteiger partial charge on any atom is 0.343 e. The van der Waals surface area contributed by atoms with Crippen LogP contribution < -0.4 is 5.69 Å². The lowest BCUT2D eigenvalue weighted by Gasteiger charge is -2.03. The normalized spacial score (nSPS) is 13.2.